The number of nitrogens with zero attached hydrogens (tertiary/aromatic N) is 2. The highest BCUT2D eigenvalue weighted by Crippen LogP contribution is 2.31. The van der Waals surface area contributed by atoms with Crippen LogP contribution in [0.1, 0.15) is 5.56 Å². The van der Waals surface area contributed by atoms with Crippen molar-refractivity contribution in [3.8, 4) is 11.5 Å². The number of para-hydroxylation sites is 1. The topological polar surface area (TPSA) is 86.2 Å². The fraction of sp³-hybridized carbons (Fsp3) is 0.0667. The Morgan fingerprint density at radius 1 is 1.08 bits per heavy atom. The van der Waals surface area contributed by atoms with E-state index in [1.165, 1.54) is 18.2 Å². The zero-order valence-electron chi connectivity index (χ0n) is 11.7. The third-order valence-corrected chi connectivity index (χ3v) is 3.29. The molecule has 24 heavy (non-hydrogen) atoms. The van der Waals surface area contributed by atoms with Crippen molar-refractivity contribution in [2.75, 3.05) is 0 Å². The summed E-state index contributed by atoms with van der Waals surface area (Å²) in [5.41, 5.74) is -2.22. The number of hydrogen-bond donors (Lipinski definition) is 0. The lowest BCUT2D eigenvalue weighted by molar-refractivity contribution is -0.383. The van der Waals surface area contributed by atoms with Gasteiger partial charge in [-0.1, -0.05) is 6.07 Å². The van der Waals surface area contributed by atoms with Gasteiger partial charge in [0, 0.05) is 11.6 Å². The van der Waals surface area contributed by atoms with Gasteiger partial charge in [-0.05, 0) is 30.3 Å². The normalized spacial score (nSPS) is 11.6. The minimum atomic E-state index is -4.50. The summed E-state index contributed by atoms with van der Waals surface area (Å²) in [5.74, 6) is -0.296. The van der Waals surface area contributed by atoms with E-state index in [0.29, 0.717) is 0 Å². The highest BCUT2D eigenvalue weighted by Gasteiger charge is 2.30. The van der Waals surface area contributed by atoms with E-state index in [2.05, 4.69) is 4.98 Å². The van der Waals surface area contributed by atoms with Gasteiger partial charge in [0.05, 0.1) is 15.9 Å². The lowest BCUT2D eigenvalue weighted by atomic mass is 10.1. The van der Waals surface area contributed by atoms with Crippen LogP contribution in [0.3, 0.4) is 0 Å². The second-order valence-corrected chi connectivity index (χ2v) is 4.81. The highest BCUT2D eigenvalue weighted by molar-refractivity contribution is 5.86. The average Bonchev–Trinajstić information content (AvgIpc) is 2.53. The molecular weight excluding hydrogens is 329 g/mol. The number of nitro groups is 1. The predicted molar refractivity (Wildman–Crippen MR) is 77.4 cm³/mol. The molecule has 0 fully saturated rings. The van der Waals surface area contributed by atoms with E-state index in [0.717, 1.165) is 24.3 Å². The first-order chi connectivity index (χ1) is 11.3. The van der Waals surface area contributed by atoms with Gasteiger partial charge in [-0.15, -0.1) is 0 Å². The van der Waals surface area contributed by atoms with Crippen LogP contribution in [-0.2, 0) is 6.18 Å². The average molecular weight is 336 g/mol. The molecule has 0 saturated heterocycles. The molecule has 1 heterocycles. The zero-order valence-corrected chi connectivity index (χ0v) is 11.7. The first kappa shape index (κ1) is 15.7. The van der Waals surface area contributed by atoms with Gasteiger partial charge in [-0.3, -0.25) is 10.1 Å². The molecule has 0 unspecified atom stereocenters. The van der Waals surface area contributed by atoms with E-state index in [4.69, 9.17) is 4.42 Å². The van der Waals surface area contributed by atoms with Gasteiger partial charge in [0.2, 0.25) is 5.89 Å². The third-order valence-electron chi connectivity index (χ3n) is 3.29. The number of benzene rings is 2. The van der Waals surface area contributed by atoms with Gasteiger partial charge in [0.25, 0.3) is 5.69 Å². The van der Waals surface area contributed by atoms with E-state index in [1.807, 2.05) is 0 Å². The lowest BCUT2D eigenvalue weighted by Crippen LogP contribution is -2.06. The minimum absolute atomic E-state index is 0.0835. The summed E-state index contributed by atoms with van der Waals surface area (Å²) in [4.78, 5) is 26.2. The van der Waals surface area contributed by atoms with Crippen molar-refractivity contribution in [1.82, 2.24) is 4.98 Å². The Labute approximate surface area is 131 Å². The van der Waals surface area contributed by atoms with Crippen LogP contribution in [0.15, 0.2) is 51.7 Å². The number of hydrogen-bond acceptors (Lipinski definition) is 5. The summed E-state index contributed by atoms with van der Waals surface area (Å²) in [6, 6.07) is 7.57. The van der Waals surface area contributed by atoms with Gasteiger partial charge < -0.3 is 4.42 Å². The largest absolute Gasteiger partial charge is 0.416 e. The van der Waals surface area contributed by atoms with Crippen LogP contribution in [0, 0.1) is 10.1 Å². The smallest absolute Gasteiger partial charge is 0.403 e. The molecule has 0 amide bonds. The SMILES string of the molecule is O=c1oc(-c2ccc(C(F)(F)F)cc2)nc2c([N+](=O)[O-])cccc12. The van der Waals surface area contributed by atoms with Gasteiger partial charge in [-0.2, -0.15) is 13.2 Å². The Kier molecular flexibility index (Phi) is 3.55. The number of alkyl halides is 3. The van der Waals surface area contributed by atoms with E-state index in [9.17, 15) is 28.1 Å². The molecule has 0 spiro atoms. The molecule has 0 aliphatic heterocycles. The summed E-state index contributed by atoms with van der Waals surface area (Å²) in [6.45, 7) is 0. The fourth-order valence-electron chi connectivity index (χ4n) is 2.15. The van der Waals surface area contributed by atoms with Crippen molar-refractivity contribution in [2.24, 2.45) is 0 Å². The van der Waals surface area contributed by atoms with Crippen molar-refractivity contribution in [1.29, 1.82) is 0 Å². The van der Waals surface area contributed by atoms with Crippen LogP contribution in [0.25, 0.3) is 22.4 Å². The third kappa shape index (κ3) is 2.71. The minimum Gasteiger partial charge on any atom is -0.403 e. The molecule has 122 valence electrons. The Hall–Kier alpha value is -3.23. The van der Waals surface area contributed by atoms with Crippen molar-refractivity contribution in [3.63, 3.8) is 0 Å². The quantitative estimate of drug-likeness (QED) is 0.525. The molecule has 0 aliphatic rings. The van der Waals surface area contributed by atoms with Gasteiger partial charge in [-0.25, -0.2) is 9.78 Å². The van der Waals surface area contributed by atoms with Crippen LogP contribution >= 0.6 is 0 Å². The van der Waals surface area contributed by atoms with E-state index < -0.39 is 28.0 Å². The van der Waals surface area contributed by atoms with Crippen LogP contribution in [0.4, 0.5) is 18.9 Å². The van der Waals surface area contributed by atoms with E-state index in [-0.39, 0.29) is 22.4 Å². The van der Waals surface area contributed by atoms with Crippen molar-refractivity contribution in [3.05, 3.63) is 68.6 Å². The van der Waals surface area contributed by atoms with Crippen molar-refractivity contribution in [2.45, 2.75) is 6.18 Å². The van der Waals surface area contributed by atoms with Crippen molar-refractivity contribution < 1.29 is 22.5 Å². The lowest BCUT2D eigenvalue weighted by Gasteiger charge is -2.07. The standard InChI is InChI=1S/C15H7F3N2O4/c16-15(17,18)9-6-4-8(5-7-9)13-19-12-10(14(21)24-13)2-1-3-11(12)20(22)23/h1-7H. The van der Waals surface area contributed by atoms with E-state index >= 15 is 0 Å². The molecule has 0 bridgehead atoms. The highest BCUT2D eigenvalue weighted by atomic mass is 19.4. The Bertz CT molecular complexity index is 994. The molecule has 0 atom stereocenters. The number of nitro benzene ring substituents is 1. The first-order valence-corrected chi connectivity index (χ1v) is 6.53. The molecule has 6 nitrogen and oxygen atoms in total. The fourth-order valence-corrected chi connectivity index (χ4v) is 2.15. The number of non-ortho nitro benzene ring substituents is 1. The van der Waals surface area contributed by atoms with Crippen LogP contribution in [0.5, 0.6) is 0 Å². The molecular formula is C15H7F3N2O4. The maximum atomic E-state index is 12.6. The molecule has 3 rings (SSSR count). The summed E-state index contributed by atoms with van der Waals surface area (Å²) in [6.07, 6.45) is -4.50. The molecule has 0 aliphatic carbocycles. The van der Waals surface area contributed by atoms with E-state index in [1.54, 1.807) is 0 Å². The van der Waals surface area contributed by atoms with Crippen molar-refractivity contribution >= 4 is 16.6 Å². The number of fused-ring (bicyclic) bond motifs is 1. The van der Waals surface area contributed by atoms with Crippen LogP contribution < -0.4 is 5.63 Å². The van der Waals surface area contributed by atoms with Gasteiger partial charge in [0.1, 0.15) is 0 Å². The second-order valence-electron chi connectivity index (χ2n) is 4.81. The summed E-state index contributed by atoms with van der Waals surface area (Å²) >= 11 is 0. The van der Waals surface area contributed by atoms with Crippen LogP contribution in [0.2, 0.25) is 0 Å². The number of aromatic nitrogens is 1. The molecule has 1 aromatic heterocycles. The monoisotopic (exact) mass is 336 g/mol. The predicted octanol–water partition coefficient (Wildman–Crippen LogP) is 3.78. The summed E-state index contributed by atoms with van der Waals surface area (Å²) < 4.78 is 42.7. The zero-order chi connectivity index (χ0) is 17.5. The first-order valence-electron chi connectivity index (χ1n) is 6.53. The van der Waals surface area contributed by atoms with Gasteiger partial charge >= 0.3 is 11.8 Å². The second kappa shape index (κ2) is 5.44. The molecule has 9 heteroatoms. The number of halogens is 3. The molecule has 0 N–H and O–H groups in total. The Balaban J connectivity index is 2.19. The Morgan fingerprint density at radius 2 is 1.75 bits per heavy atom. The Morgan fingerprint density at radius 3 is 2.33 bits per heavy atom. The molecule has 2 aromatic carbocycles. The molecule has 0 radical (unpaired) electrons. The summed E-state index contributed by atoms with van der Waals surface area (Å²) in [5, 5.41) is 11.0. The molecule has 3 aromatic rings. The number of rotatable bonds is 2. The van der Waals surface area contributed by atoms with Crippen LogP contribution in [-0.4, -0.2) is 9.91 Å². The van der Waals surface area contributed by atoms with Gasteiger partial charge in [0.15, 0.2) is 5.52 Å². The summed E-state index contributed by atoms with van der Waals surface area (Å²) in [7, 11) is 0. The maximum Gasteiger partial charge on any atom is 0.416 e. The maximum absolute atomic E-state index is 12.6. The molecule has 0 saturated carbocycles.